The van der Waals surface area contributed by atoms with Crippen LogP contribution in [0.5, 0.6) is 0 Å². The average molecular weight is 238 g/mol. The first-order valence-electron chi connectivity index (χ1n) is 4.87. The minimum absolute atomic E-state index is 0.0828. The molecule has 0 bridgehead atoms. The molecule has 3 N–H and O–H groups in total. The fourth-order valence-corrected chi connectivity index (χ4v) is 3.28. The van der Waals surface area contributed by atoms with Crippen molar-refractivity contribution in [3.63, 3.8) is 0 Å². The number of rotatable bonds is 6. The molecule has 1 aliphatic heterocycles. The number of thioether (sulfide) groups is 1. The van der Waals surface area contributed by atoms with Gasteiger partial charge in [0.15, 0.2) is 0 Å². The highest BCUT2D eigenvalue weighted by molar-refractivity contribution is 7.99. The first-order valence-corrected chi connectivity index (χ1v) is 7.74. The maximum Gasteiger partial charge on any atom is 0.209 e. The van der Waals surface area contributed by atoms with Crippen LogP contribution in [0.4, 0.5) is 0 Å². The van der Waals surface area contributed by atoms with E-state index >= 15 is 0 Å². The van der Waals surface area contributed by atoms with Gasteiger partial charge in [0.2, 0.25) is 10.0 Å². The van der Waals surface area contributed by atoms with Gasteiger partial charge >= 0.3 is 0 Å². The van der Waals surface area contributed by atoms with E-state index in [2.05, 4.69) is 5.32 Å². The minimum atomic E-state index is -3.27. The average Bonchev–Trinajstić information content (AvgIpc) is 2.54. The van der Waals surface area contributed by atoms with Gasteiger partial charge in [-0.2, -0.15) is 11.8 Å². The van der Waals surface area contributed by atoms with Crippen LogP contribution in [-0.2, 0) is 10.0 Å². The molecular formula is C8H18N2O2S2. The summed E-state index contributed by atoms with van der Waals surface area (Å²) < 4.78 is 21.2. The van der Waals surface area contributed by atoms with E-state index in [4.69, 9.17) is 5.14 Å². The summed E-state index contributed by atoms with van der Waals surface area (Å²) >= 11 is 1.99. The smallest absolute Gasteiger partial charge is 0.209 e. The van der Waals surface area contributed by atoms with E-state index in [1.165, 1.54) is 17.9 Å². The zero-order chi connectivity index (χ0) is 10.4. The highest BCUT2D eigenvalue weighted by Gasteiger charge is 2.14. The monoisotopic (exact) mass is 238 g/mol. The van der Waals surface area contributed by atoms with E-state index in [0.29, 0.717) is 6.42 Å². The zero-order valence-corrected chi connectivity index (χ0v) is 9.87. The molecule has 0 aromatic carbocycles. The van der Waals surface area contributed by atoms with Gasteiger partial charge in [0.1, 0.15) is 0 Å². The van der Waals surface area contributed by atoms with E-state index in [1.807, 2.05) is 11.8 Å². The maximum absolute atomic E-state index is 10.6. The molecule has 0 saturated carbocycles. The third-order valence-corrected chi connectivity index (χ3v) is 4.33. The first-order chi connectivity index (χ1) is 6.58. The molecule has 0 spiro atoms. The van der Waals surface area contributed by atoms with Crippen molar-refractivity contribution in [1.29, 1.82) is 0 Å². The van der Waals surface area contributed by atoms with Gasteiger partial charge in [-0.15, -0.1) is 0 Å². The summed E-state index contributed by atoms with van der Waals surface area (Å²) in [6, 6.07) is 0. The molecule has 6 heteroatoms. The van der Waals surface area contributed by atoms with Crippen LogP contribution in [0.2, 0.25) is 0 Å². The normalized spacial score (nSPS) is 22.8. The van der Waals surface area contributed by atoms with Gasteiger partial charge in [-0.3, -0.25) is 0 Å². The zero-order valence-electron chi connectivity index (χ0n) is 8.24. The number of nitrogens with two attached hydrogens (primary N) is 1. The summed E-state index contributed by atoms with van der Waals surface area (Å²) in [5, 5.41) is 8.15. The van der Waals surface area contributed by atoms with E-state index in [1.54, 1.807) is 0 Å². The van der Waals surface area contributed by atoms with E-state index < -0.39 is 10.0 Å². The summed E-state index contributed by atoms with van der Waals surface area (Å²) in [5.41, 5.74) is 0. The topological polar surface area (TPSA) is 72.2 Å². The lowest BCUT2D eigenvalue weighted by molar-refractivity contribution is 0.521. The van der Waals surface area contributed by atoms with Crippen LogP contribution in [-0.4, -0.2) is 38.8 Å². The number of hydrogen-bond acceptors (Lipinski definition) is 4. The number of nitrogens with one attached hydrogen (secondary N) is 1. The molecule has 1 heterocycles. The third kappa shape index (κ3) is 5.85. The largest absolute Gasteiger partial charge is 0.316 e. The van der Waals surface area contributed by atoms with Gasteiger partial charge in [0.05, 0.1) is 5.75 Å². The summed E-state index contributed by atoms with van der Waals surface area (Å²) in [5.74, 6) is 3.36. The predicted octanol–water partition coefficient (Wildman–Crippen LogP) is 0.00770. The fourth-order valence-electron chi connectivity index (χ4n) is 1.45. The van der Waals surface area contributed by atoms with E-state index in [0.717, 1.165) is 19.0 Å². The molecule has 1 unspecified atom stereocenters. The second-order valence-corrected chi connectivity index (χ2v) is 6.54. The summed E-state index contributed by atoms with van der Waals surface area (Å²) in [7, 11) is -3.27. The Morgan fingerprint density at radius 1 is 1.50 bits per heavy atom. The Hall–Kier alpha value is 0.220. The van der Waals surface area contributed by atoms with Crippen LogP contribution in [0.3, 0.4) is 0 Å². The molecule has 0 aromatic rings. The van der Waals surface area contributed by atoms with Gasteiger partial charge in [-0.1, -0.05) is 0 Å². The van der Waals surface area contributed by atoms with Crippen LogP contribution in [0.25, 0.3) is 0 Å². The van der Waals surface area contributed by atoms with Gasteiger partial charge in [-0.25, -0.2) is 13.6 Å². The third-order valence-electron chi connectivity index (χ3n) is 2.24. The van der Waals surface area contributed by atoms with Crippen molar-refractivity contribution < 1.29 is 8.42 Å². The number of sulfonamides is 1. The van der Waals surface area contributed by atoms with Crippen molar-refractivity contribution in [2.24, 2.45) is 11.1 Å². The summed E-state index contributed by atoms with van der Waals surface area (Å²) in [6.45, 7) is 1.76. The Labute approximate surface area is 90.1 Å². The van der Waals surface area contributed by atoms with Crippen molar-refractivity contribution in [3.8, 4) is 0 Å². The van der Waals surface area contributed by atoms with Gasteiger partial charge in [-0.05, 0) is 43.4 Å². The molecule has 0 aliphatic carbocycles. The van der Waals surface area contributed by atoms with E-state index in [-0.39, 0.29) is 5.75 Å². The highest BCUT2D eigenvalue weighted by atomic mass is 32.2. The maximum atomic E-state index is 10.6. The lowest BCUT2D eigenvalue weighted by Crippen LogP contribution is -2.26. The van der Waals surface area contributed by atoms with Gasteiger partial charge < -0.3 is 5.32 Å². The SMILES string of the molecule is NS(=O)(=O)CCCNCC1CCSC1. The Bertz CT molecular complexity index is 248. The van der Waals surface area contributed by atoms with Crippen LogP contribution in [0.15, 0.2) is 0 Å². The van der Waals surface area contributed by atoms with Crippen molar-refractivity contribution in [1.82, 2.24) is 5.32 Å². The van der Waals surface area contributed by atoms with Gasteiger partial charge in [0, 0.05) is 0 Å². The Kier molecular flexibility index (Phi) is 5.22. The summed E-state index contributed by atoms with van der Waals surface area (Å²) in [4.78, 5) is 0. The van der Waals surface area contributed by atoms with Crippen LogP contribution in [0.1, 0.15) is 12.8 Å². The first kappa shape index (κ1) is 12.3. The fraction of sp³-hybridized carbons (Fsp3) is 1.00. The summed E-state index contributed by atoms with van der Waals surface area (Å²) in [6.07, 6.45) is 1.89. The van der Waals surface area contributed by atoms with E-state index in [9.17, 15) is 8.42 Å². The van der Waals surface area contributed by atoms with Crippen molar-refractivity contribution in [2.45, 2.75) is 12.8 Å². The standard InChI is InChI=1S/C8H18N2O2S2/c9-14(11,12)5-1-3-10-6-8-2-4-13-7-8/h8,10H,1-7H2,(H2,9,11,12). The second-order valence-electron chi connectivity index (χ2n) is 3.65. The minimum Gasteiger partial charge on any atom is -0.316 e. The molecule has 0 radical (unpaired) electrons. The lowest BCUT2D eigenvalue weighted by Gasteiger charge is -2.09. The second kappa shape index (κ2) is 5.95. The molecule has 1 saturated heterocycles. The van der Waals surface area contributed by atoms with Gasteiger partial charge in [0.25, 0.3) is 0 Å². The van der Waals surface area contributed by atoms with Crippen molar-refractivity contribution in [2.75, 3.05) is 30.3 Å². The quantitative estimate of drug-likeness (QED) is 0.639. The molecular weight excluding hydrogens is 220 g/mol. The van der Waals surface area contributed by atoms with Crippen molar-refractivity contribution >= 4 is 21.8 Å². The Morgan fingerprint density at radius 3 is 2.86 bits per heavy atom. The molecule has 0 aromatic heterocycles. The van der Waals surface area contributed by atoms with Crippen LogP contribution in [0, 0.1) is 5.92 Å². The molecule has 84 valence electrons. The Morgan fingerprint density at radius 2 is 2.29 bits per heavy atom. The number of primary sulfonamides is 1. The van der Waals surface area contributed by atoms with Crippen LogP contribution < -0.4 is 10.5 Å². The molecule has 1 rings (SSSR count). The highest BCUT2D eigenvalue weighted by Crippen LogP contribution is 2.22. The molecule has 14 heavy (non-hydrogen) atoms. The lowest BCUT2D eigenvalue weighted by atomic mass is 10.1. The molecule has 0 amide bonds. The predicted molar refractivity (Wildman–Crippen MR) is 60.9 cm³/mol. The molecule has 4 nitrogen and oxygen atoms in total. The number of hydrogen-bond donors (Lipinski definition) is 2. The molecule has 1 atom stereocenters. The molecule has 1 aliphatic rings. The molecule has 1 fully saturated rings. The van der Waals surface area contributed by atoms with Crippen LogP contribution >= 0.6 is 11.8 Å². The van der Waals surface area contributed by atoms with Crippen molar-refractivity contribution in [3.05, 3.63) is 0 Å². The Balaban J connectivity index is 1.94.